The summed E-state index contributed by atoms with van der Waals surface area (Å²) in [4.78, 5) is 0. The van der Waals surface area contributed by atoms with Gasteiger partial charge in [-0.2, -0.15) is 0 Å². The maximum absolute atomic E-state index is 5.72. The van der Waals surface area contributed by atoms with Crippen LogP contribution in [0.2, 0.25) is 0 Å². The van der Waals surface area contributed by atoms with Crippen molar-refractivity contribution < 1.29 is 0 Å². The molecule has 1 aromatic rings. The Morgan fingerprint density at radius 2 is 1.86 bits per heavy atom. The number of hydrogen-bond acceptors (Lipinski definition) is 3. The fourth-order valence-electron chi connectivity index (χ4n) is 2.01. The summed E-state index contributed by atoms with van der Waals surface area (Å²) in [5, 5.41) is 10.5. The highest BCUT2D eigenvalue weighted by atomic mass is 35.5. The Kier molecular flexibility index (Phi) is 3.76. The van der Waals surface area contributed by atoms with Gasteiger partial charge in [-0.25, -0.2) is 0 Å². The lowest BCUT2D eigenvalue weighted by Gasteiger charge is -2.08. The number of rotatable bonds is 2. The zero-order chi connectivity index (χ0) is 9.80. The van der Waals surface area contributed by atoms with Crippen molar-refractivity contribution in [3.63, 3.8) is 0 Å². The smallest absolute Gasteiger partial charge is 0.132 e. The Bertz CT molecular complexity index is 279. The van der Waals surface area contributed by atoms with Gasteiger partial charge in [-0.1, -0.05) is 37.0 Å². The van der Waals surface area contributed by atoms with Gasteiger partial charge in [-0.3, -0.25) is 0 Å². The lowest BCUT2D eigenvalue weighted by atomic mass is 10.0. The molecular formula is C10H15ClN2S. The van der Waals surface area contributed by atoms with Gasteiger partial charge in [0.2, 0.25) is 0 Å². The molecule has 2 nitrogen and oxygen atoms in total. The van der Waals surface area contributed by atoms with Crippen LogP contribution in [0.3, 0.4) is 0 Å². The average Bonchev–Trinajstić information content (AvgIpc) is 2.53. The molecule has 1 saturated carbocycles. The molecule has 1 fully saturated rings. The van der Waals surface area contributed by atoms with Gasteiger partial charge in [-0.15, -0.1) is 21.8 Å². The molecule has 4 heteroatoms. The molecule has 2 rings (SSSR count). The van der Waals surface area contributed by atoms with Crippen LogP contribution in [-0.2, 0) is 5.88 Å². The second-order valence-electron chi connectivity index (χ2n) is 3.86. The second kappa shape index (κ2) is 5.08. The second-order valence-corrected chi connectivity index (χ2v) is 5.22. The monoisotopic (exact) mass is 230 g/mol. The van der Waals surface area contributed by atoms with Crippen molar-refractivity contribution in [2.24, 2.45) is 0 Å². The van der Waals surface area contributed by atoms with E-state index in [1.165, 1.54) is 43.5 Å². The van der Waals surface area contributed by atoms with Crippen LogP contribution in [-0.4, -0.2) is 10.2 Å². The molecule has 0 N–H and O–H groups in total. The first-order valence-corrected chi connectivity index (χ1v) is 6.63. The van der Waals surface area contributed by atoms with E-state index in [4.69, 9.17) is 11.6 Å². The third-order valence-electron chi connectivity index (χ3n) is 2.80. The first kappa shape index (κ1) is 10.4. The Labute approximate surface area is 93.7 Å². The Hall–Kier alpha value is -0.150. The Balaban J connectivity index is 2.04. The average molecular weight is 231 g/mol. The van der Waals surface area contributed by atoms with Crippen LogP contribution in [0, 0.1) is 0 Å². The summed E-state index contributed by atoms with van der Waals surface area (Å²) in [5.41, 5.74) is 0. The van der Waals surface area contributed by atoms with Crippen LogP contribution >= 0.6 is 22.9 Å². The van der Waals surface area contributed by atoms with E-state index in [9.17, 15) is 0 Å². The quantitative estimate of drug-likeness (QED) is 0.572. The SMILES string of the molecule is ClCc1nnc(C2CCCCCC2)s1. The fourth-order valence-corrected chi connectivity index (χ4v) is 3.09. The predicted molar refractivity (Wildman–Crippen MR) is 59.9 cm³/mol. The Morgan fingerprint density at radius 3 is 2.43 bits per heavy atom. The van der Waals surface area contributed by atoms with Gasteiger partial charge in [0.15, 0.2) is 0 Å². The molecule has 0 bridgehead atoms. The predicted octanol–water partition coefficient (Wildman–Crippen LogP) is 3.71. The lowest BCUT2D eigenvalue weighted by Crippen LogP contribution is -1.96. The minimum atomic E-state index is 0.504. The van der Waals surface area contributed by atoms with Gasteiger partial charge < -0.3 is 0 Å². The van der Waals surface area contributed by atoms with Gasteiger partial charge in [0.05, 0.1) is 5.88 Å². The van der Waals surface area contributed by atoms with Crippen LogP contribution in [0.4, 0.5) is 0 Å². The highest BCUT2D eigenvalue weighted by molar-refractivity contribution is 7.11. The van der Waals surface area contributed by atoms with E-state index < -0.39 is 0 Å². The lowest BCUT2D eigenvalue weighted by molar-refractivity contribution is 0.584. The molecule has 0 amide bonds. The third kappa shape index (κ3) is 2.45. The van der Waals surface area contributed by atoms with Crippen molar-refractivity contribution in [2.45, 2.75) is 50.3 Å². The topological polar surface area (TPSA) is 25.8 Å². The van der Waals surface area contributed by atoms with E-state index in [2.05, 4.69) is 10.2 Å². The van der Waals surface area contributed by atoms with Crippen molar-refractivity contribution in [3.05, 3.63) is 10.0 Å². The van der Waals surface area contributed by atoms with Crippen molar-refractivity contribution in [1.29, 1.82) is 0 Å². The first-order valence-electron chi connectivity index (χ1n) is 5.28. The summed E-state index contributed by atoms with van der Waals surface area (Å²) in [7, 11) is 0. The minimum Gasteiger partial charge on any atom is -0.143 e. The summed E-state index contributed by atoms with van der Waals surface area (Å²) in [6.45, 7) is 0. The van der Waals surface area contributed by atoms with Gasteiger partial charge in [0.1, 0.15) is 10.0 Å². The zero-order valence-corrected chi connectivity index (χ0v) is 9.78. The number of alkyl halides is 1. The molecule has 0 atom stereocenters. The molecule has 14 heavy (non-hydrogen) atoms. The van der Waals surface area contributed by atoms with Gasteiger partial charge in [-0.05, 0) is 12.8 Å². The largest absolute Gasteiger partial charge is 0.143 e. The number of hydrogen-bond donors (Lipinski definition) is 0. The van der Waals surface area contributed by atoms with E-state index >= 15 is 0 Å². The summed E-state index contributed by atoms with van der Waals surface area (Å²) in [6, 6.07) is 0. The maximum atomic E-state index is 5.72. The summed E-state index contributed by atoms with van der Waals surface area (Å²) in [5.74, 6) is 1.16. The third-order valence-corrected chi connectivity index (χ3v) is 4.30. The minimum absolute atomic E-state index is 0.504. The Morgan fingerprint density at radius 1 is 1.14 bits per heavy atom. The van der Waals surface area contributed by atoms with E-state index in [1.807, 2.05) is 0 Å². The summed E-state index contributed by atoms with van der Waals surface area (Å²) < 4.78 is 0. The zero-order valence-electron chi connectivity index (χ0n) is 8.21. The van der Waals surface area contributed by atoms with E-state index in [0.29, 0.717) is 11.8 Å². The summed E-state index contributed by atoms with van der Waals surface area (Å²) in [6.07, 6.45) is 8.05. The van der Waals surface area contributed by atoms with Crippen LogP contribution in [0.25, 0.3) is 0 Å². The van der Waals surface area contributed by atoms with Crippen molar-refractivity contribution in [1.82, 2.24) is 10.2 Å². The van der Waals surface area contributed by atoms with Gasteiger partial charge in [0.25, 0.3) is 0 Å². The number of halogens is 1. The van der Waals surface area contributed by atoms with E-state index in [-0.39, 0.29) is 0 Å². The van der Waals surface area contributed by atoms with Crippen LogP contribution < -0.4 is 0 Å². The normalized spacial score (nSPS) is 19.5. The molecule has 0 saturated heterocycles. The standard InChI is InChI=1S/C10H15ClN2S/c11-7-9-12-13-10(14-9)8-5-3-1-2-4-6-8/h8H,1-7H2. The van der Waals surface area contributed by atoms with Gasteiger partial charge >= 0.3 is 0 Å². The molecule has 1 heterocycles. The molecule has 0 aromatic carbocycles. The molecule has 0 aliphatic heterocycles. The van der Waals surface area contributed by atoms with Crippen LogP contribution in [0.1, 0.15) is 54.5 Å². The molecule has 0 unspecified atom stereocenters. The van der Waals surface area contributed by atoms with E-state index in [0.717, 1.165) is 5.01 Å². The van der Waals surface area contributed by atoms with Crippen LogP contribution in [0.15, 0.2) is 0 Å². The molecule has 0 radical (unpaired) electrons. The first-order chi connectivity index (χ1) is 6.90. The van der Waals surface area contributed by atoms with Crippen molar-refractivity contribution >= 4 is 22.9 Å². The molecular weight excluding hydrogens is 216 g/mol. The summed E-state index contributed by atoms with van der Waals surface area (Å²) >= 11 is 7.41. The van der Waals surface area contributed by atoms with E-state index in [1.54, 1.807) is 11.3 Å². The highest BCUT2D eigenvalue weighted by Gasteiger charge is 2.18. The molecule has 1 aromatic heterocycles. The number of aromatic nitrogens is 2. The van der Waals surface area contributed by atoms with Crippen molar-refractivity contribution in [3.8, 4) is 0 Å². The maximum Gasteiger partial charge on any atom is 0.132 e. The molecule has 1 aliphatic rings. The number of nitrogens with zero attached hydrogens (tertiary/aromatic N) is 2. The molecule has 78 valence electrons. The van der Waals surface area contributed by atoms with Gasteiger partial charge in [0, 0.05) is 5.92 Å². The highest BCUT2D eigenvalue weighted by Crippen LogP contribution is 2.33. The molecule has 1 aliphatic carbocycles. The van der Waals surface area contributed by atoms with Crippen molar-refractivity contribution in [2.75, 3.05) is 0 Å². The fraction of sp³-hybridized carbons (Fsp3) is 0.800. The molecule has 0 spiro atoms. The van der Waals surface area contributed by atoms with Crippen LogP contribution in [0.5, 0.6) is 0 Å².